The number of rotatable bonds is 5. The Morgan fingerprint density at radius 3 is 2.52 bits per heavy atom. The topological polar surface area (TPSA) is 64.8 Å². The second-order valence-corrected chi connectivity index (χ2v) is 5.38. The molecule has 3 rings (SSSR count). The summed E-state index contributed by atoms with van der Waals surface area (Å²) in [7, 11) is 1.62. The summed E-state index contributed by atoms with van der Waals surface area (Å²) < 4.78 is 10.7. The minimum atomic E-state index is -0.534. The van der Waals surface area contributed by atoms with E-state index < -0.39 is 6.04 Å². The molecule has 2 aromatic rings. The number of methoxy groups -OCH3 is 1. The molecular weight excluding hydrogens is 292 g/mol. The van der Waals surface area contributed by atoms with Crippen LogP contribution in [-0.2, 0) is 4.79 Å². The molecule has 2 atom stereocenters. The van der Waals surface area contributed by atoms with Crippen LogP contribution >= 0.6 is 0 Å². The van der Waals surface area contributed by atoms with Crippen LogP contribution < -0.4 is 20.1 Å². The Balaban J connectivity index is 1.89. The maximum Gasteiger partial charge on any atom is 0.247 e. The van der Waals surface area contributed by atoms with Gasteiger partial charge in [0.1, 0.15) is 17.5 Å². The van der Waals surface area contributed by atoms with Crippen molar-refractivity contribution in [2.75, 3.05) is 18.6 Å². The number of hydrogen-bond donors (Lipinski definition) is 1. The lowest BCUT2D eigenvalue weighted by Gasteiger charge is -2.45. The van der Waals surface area contributed by atoms with Gasteiger partial charge < -0.3 is 20.1 Å². The Hall–Kier alpha value is -2.53. The molecule has 23 heavy (non-hydrogen) atoms. The van der Waals surface area contributed by atoms with E-state index in [2.05, 4.69) is 0 Å². The van der Waals surface area contributed by atoms with Crippen molar-refractivity contribution in [3.05, 3.63) is 54.1 Å². The molecule has 5 nitrogen and oxygen atoms in total. The fourth-order valence-electron chi connectivity index (χ4n) is 2.85. The van der Waals surface area contributed by atoms with Crippen molar-refractivity contribution >= 4 is 11.6 Å². The monoisotopic (exact) mass is 312 g/mol. The number of hydrogen-bond acceptors (Lipinski definition) is 4. The van der Waals surface area contributed by atoms with Crippen LogP contribution in [0.1, 0.15) is 18.5 Å². The molecule has 1 aliphatic heterocycles. The summed E-state index contributed by atoms with van der Waals surface area (Å²) in [4.78, 5) is 14.0. The van der Waals surface area contributed by atoms with E-state index in [-0.39, 0.29) is 11.9 Å². The molecule has 1 aliphatic rings. The first-order chi connectivity index (χ1) is 11.2. The number of carbonyl (C=O) groups is 1. The molecule has 0 unspecified atom stereocenters. The van der Waals surface area contributed by atoms with Gasteiger partial charge in [-0.3, -0.25) is 4.79 Å². The molecule has 0 radical (unpaired) electrons. The van der Waals surface area contributed by atoms with E-state index in [0.717, 1.165) is 22.7 Å². The summed E-state index contributed by atoms with van der Waals surface area (Å²) >= 11 is 0. The normalized spacial score (nSPS) is 20.1. The van der Waals surface area contributed by atoms with Gasteiger partial charge in [0.2, 0.25) is 5.91 Å². The molecule has 0 aromatic heterocycles. The summed E-state index contributed by atoms with van der Waals surface area (Å²) in [6.07, 6.45) is 0. The summed E-state index contributed by atoms with van der Waals surface area (Å²) in [6, 6.07) is 14.4. The lowest BCUT2D eigenvalue weighted by molar-refractivity contribution is -0.126. The van der Waals surface area contributed by atoms with E-state index >= 15 is 0 Å². The maximum atomic E-state index is 12.2. The van der Waals surface area contributed by atoms with Crippen molar-refractivity contribution in [1.82, 2.24) is 0 Å². The van der Waals surface area contributed by atoms with E-state index in [1.54, 1.807) is 12.0 Å². The predicted octanol–water partition coefficient (Wildman–Crippen LogP) is 2.51. The first-order valence-corrected chi connectivity index (χ1v) is 7.61. The van der Waals surface area contributed by atoms with E-state index in [1.807, 2.05) is 55.5 Å². The average molecular weight is 312 g/mol. The zero-order chi connectivity index (χ0) is 16.4. The number of nitrogens with two attached hydrogens (primary N) is 1. The van der Waals surface area contributed by atoms with Gasteiger partial charge in [-0.2, -0.15) is 0 Å². The number of anilines is 1. The van der Waals surface area contributed by atoms with Gasteiger partial charge in [-0.1, -0.05) is 12.1 Å². The Bertz CT molecular complexity index is 700. The van der Waals surface area contributed by atoms with Crippen molar-refractivity contribution in [1.29, 1.82) is 0 Å². The largest absolute Gasteiger partial charge is 0.497 e. The SMILES string of the molecule is CCOc1ccc(N2C(=O)[C@@H](N)[C@@H]2c2cccc(OC)c2)cc1. The van der Waals surface area contributed by atoms with Crippen LogP contribution in [-0.4, -0.2) is 25.7 Å². The van der Waals surface area contributed by atoms with E-state index in [0.29, 0.717) is 6.61 Å². The minimum absolute atomic E-state index is 0.0815. The van der Waals surface area contributed by atoms with Crippen LogP contribution in [0.3, 0.4) is 0 Å². The Morgan fingerprint density at radius 2 is 1.87 bits per heavy atom. The van der Waals surface area contributed by atoms with Gasteiger partial charge in [-0.15, -0.1) is 0 Å². The lowest BCUT2D eigenvalue weighted by atomic mass is 9.88. The lowest BCUT2D eigenvalue weighted by Crippen LogP contribution is -2.63. The second-order valence-electron chi connectivity index (χ2n) is 5.38. The zero-order valence-corrected chi connectivity index (χ0v) is 13.2. The molecule has 0 saturated carbocycles. The highest BCUT2D eigenvalue weighted by Crippen LogP contribution is 2.39. The van der Waals surface area contributed by atoms with Crippen molar-refractivity contribution in [3.8, 4) is 11.5 Å². The highest BCUT2D eigenvalue weighted by molar-refractivity contribution is 6.05. The van der Waals surface area contributed by atoms with E-state index in [9.17, 15) is 4.79 Å². The fraction of sp³-hybridized carbons (Fsp3) is 0.278. The van der Waals surface area contributed by atoms with E-state index in [4.69, 9.17) is 15.2 Å². The standard InChI is InChI=1S/C18H20N2O3/c1-3-23-14-9-7-13(8-10-14)20-17(16(19)18(20)21)12-5-4-6-15(11-12)22-2/h4-11,16-17H,3,19H2,1-2H3/t16-,17-/m0/s1. The molecule has 1 amide bonds. The summed E-state index contributed by atoms with van der Waals surface area (Å²) in [5.74, 6) is 1.45. The first kappa shape index (κ1) is 15.4. The smallest absolute Gasteiger partial charge is 0.247 e. The molecule has 0 aliphatic carbocycles. The number of nitrogens with zero attached hydrogens (tertiary/aromatic N) is 1. The van der Waals surface area contributed by atoms with Gasteiger partial charge in [-0.25, -0.2) is 0 Å². The van der Waals surface area contributed by atoms with Gasteiger partial charge in [0.05, 0.1) is 19.8 Å². The van der Waals surface area contributed by atoms with Gasteiger partial charge >= 0.3 is 0 Å². The Labute approximate surface area is 135 Å². The number of benzene rings is 2. The van der Waals surface area contributed by atoms with Crippen LogP contribution in [0.15, 0.2) is 48.5 Å². The van der Waals surface area contributed by atoms with Crippen LogP contribution in [0.5, 0.6) is 11.5 Å². The van der Waals surface area contributed by atoms with Crippen LogP contribution in [0.4, 0.5) is 5.69 Å². The summed E-state index contributed by atoms with van der Waals surface area (Å²) in [6.45, 7) is 2.55. The Kier molecular flexibility index (Phi) is 4.21. The number of carbonyl (C=O) groups excluding carboxylic acids is 1. The van der Waals surface area contributed by atoms with Crippen LogP contribution in [0.25, 0.3) is 0 Å². The highest BCUT2D eigenvalue weighted by atomic mass is 16.5. The predicted molar refractivity (Wildman–Crippen MR) is 88.8 cm³/mol. The third kappa shape index (κ3) is 2.75. The van der Waals surface area contributed by atoms with Crippen molar-refractivity contribution in [2.24, 2.45) is 5.73 Å². The fourth-order valence-corrected chi connectivity index (χ4v) is 2.85. The van der Waals surface area contributed by atoms with Crippen molar-refractivity contribution < 1.29 is 14.3 Å². The zero-order valence-electron chi connectivity index (χ0n) is 13.2. The third-order valence-corrected chi connectivity index (χ3v) is 4.00. The van der Waals surface area contributed by atoms with Crippen LogP contribution in [0.2, 0.25) is 0 Å². The highest BCUT2D eigenvalue weighted by Gasteiger charge is 2.46. The van der Waals surface area contributed by atoms with Gasteiger partial charge in [-0.05, 0) is 48.9 Å². The summed E-state index contributed by atoms with van der Waals surface area (Å²) in [5.41, 5.74) is 7.81. The average Bonchev–Trinajstić information content (AvgIpc) is 2.60. The van der Waals surface area contributed by atoms with Crippen molar-refractivity contribution in [2.45, 2.75) is 19.0 Å². The molecule has 2 aromatic carbocycles. The maximum absolute atomic E-state index is 12.2. The molecule has 5 heteroatoms. The van der Waals surface area contributed by atoms with Crippen molar-refractivity contribution in [3.63, 3.8) is 0 Å². The van der Waals surface area contributed by atoms with Gasteiger partial charge in [0.25, 0.3) is 0 Å². The number of ether oxygens (including phenoxy) is 2. The third-order valence-electron chi connectivity index (χ3n) is 4.00. The first-order valence-electron chi connectivity index (χ1n) is 7.61. The quantitative estimate of drug-likeness (QED) is 0.862. The van der Waals surface area contributed by atoms with Gasteiger partial charge in [0.15, 0.2) is 0 Å². The molecule has 1 heterocycles. The van der Waals surface area contributed by atoms with Crippen LogP contribution in [0, 0.1) is 0 Å². The molecule has 1 saturated heterocycles. The molecular formula is C18H20N2O3. The number of β-lactam (4-membered cyclic amide) rings is 1. The molecule has 2 N–H and O–H groups in total. The van der Waals surface area contributed by atoms with E-state index in [1.165, 1.54) is 0 Å². The molecule has 0 bridgehead atoms. The molecule has 0 spiro atoms. The minimum Gasteiger partial charge on any atom is -0.497 e. The molecule has 120 valence electrons. The summed E-state index contributed by atoms with van der Waals surface area (Å²) in [5, 5.41) is 0. The Morgan fingerprint density at radius 1 is 1.13 bits per heavy atom. The molecule has 1 fully saturated rings. The number of amides is 1. The second kappa shape index (κ2) is 6.30. The van der Waals surface area contributed by atoms with Gasteiger partial charge in [0, 0.05) is 5.69 Å².